The summed E-state index contributed by atoms with van der Waals surface area (Å²) in [6.45, 7) is -0.647. The molecule has 3 heterocycles. The first-order valence-corrected chi connectivity index (χ1v) is 10.4. The van der Waals surface area contributed by atoms with Crippen molar-refractivity contribution < 1.29 is 59.5 Å². The number of Topliss-reactive ketones (excluding diaryl/α,β-unsaturated/α-hetero) is 1. The predicted molar refractivity (Wildman–Crippen MR) is 108 cm³/mol. The van der Waals surface area contributed by atoms with Crippen LogP contribution in [0.5, 0.6) is 23.0 Å². The van der Waals surface area contributed by atoms with Crippen molar-refractivity contribution in [3.8, 4) is 23.0 Å². The van der Waals surface area contributed by atoms with Crippen LogP contribution in [0.1, 0.15) is 15.9 Å². The molecule has 182 valence electrons. The number of ether oxygens (including phenoxy) is 4. The minimum absolute atomic E-state index is 0.0644. The van der Waals surface area contributed by atoms with Crippen LogP contribution in [-0.4, -0.2) is 91.2 Å². The smallest absolute Gasteiger partial charge is 0.196 e. The highest BCUT2D eigenvalue weighted by molar-refractivity contribution is 6.01. The number of rotatable bonds is 4. The molecule has 5 rings (SSSR count). The Morgan fingerprint density at radius 1 is 0.853 bits per heavy atom. The molecule has 8 atom stereocenters. The van der Waals surface area contributed by atoms with Gasteiger partial charge < -0.3 is 54.7 Å². The van der Waals surface area contributed by atoms with E-state index in [1.54, 1.807) is 0 Å². The number of hydrogen-bond donors (Lipinski definition) is 7. The Morgan fingerprint density at radius 2 is 1.53 bits per heavy atom. The zero-order valence-electron chi connectivity index (χ0n) is 17.4. The average Bonchev–Trinajstić information content (AvgIpc) is 3.55. The lowest BCUT2D eigenvalue weighted by molar-refractivity contribution is -0.317. The second kappa shape index (κ2) is 8.06. The van der Waals surface area contributed by atoms with Gasteiger partial charge in [-0.25, -0.2) is 0 Å². The van der Waals surface area contributed by atoms with E-state index in [0.717, 1.165) is 18.2 Å². The number of epoxide rings is 1. The lowest BCUT2D eigenvalue weighted by atomic mass is 9.87. The van der Waals surface area contributed by atoms with Crippen molar-refractivity contribution in [1.82, 2.24) is 0 Å². The Morgan fingerprint density at radius 3 is 2.18 bits per heavy atom. The van der Waals surface area contributed by atoms with Gasteiger partial charge in [0, 0.05) is 5.56 Å². The Labute approximate surface area is 191 Å². The number of fused-ring (bicyclic) bond motifs is 2. The second-order valence-corrected chi connectivity index (χ2v) is 8.34. The first-order valence-electron chi connectivity index (χ1n) is 10.4. The van der Waals surface area contributed by atoms with E-state index in [9.17, 15) is 40.5 Å². The molecule has 2 aromatic carbocycles. The summed E-state index contributed by atoms with van der Waals surface area (Å²) in [6.07, 6.45) is -9.73. The van der Waals surface area contributed by atoms with Crippen LogP contribution in [0.2, 0.25) is 0 Å². The number of phenols is 4. The van der Waals surface area contributed by atoms with Crippen LogP contribution in [0, 0.1) is 0 Å². The zero-order valence-corrected chi connectivity index (χ0v) is 17.4. The molecule has 3 saturated heterocycles. The predicted octanol–water partition coefficient (Wildman–Crippen LogP) is -0.834. The first kappa shape index (κ1) is 22.8. The molecular formula is C22H22O12. The fraction of sp³-hybridized carbons (Fsp3) is 0.409. The van der Waals surface area contributed by atoms with Gasteiger partial charge in [-0.15, -0.1) is 0 Å². The van der Waals surface area contributed by atoms with Gasteiger partial charge in [0.15, 0.2) is 53.1 Å². The number of phenolic OH excluding ortho intramolecular Hbond substituents is 4. The monoisotopic (exact) mass is 478 g/mol. The Kier molecular flexibility index (Phi) is 5.41. The van der Waals surface area contributed by atoms with Gasteiger partial charge in [-0.3, -0.25) is 4.79 Å². The van der Waals surface area contributed by atoms with Gasteiger partial charge in [-0.2, -0.15) is 0 Å². The van der Waals surface area contributed by atoms with Crippen molar-refractivity contribution in [3.63, 3.8) is 0 Å². The molecule has 0 spiro atoms. The summed E-state index contributed by atoms with van der Waals surface area (Å²) in [5, 5.41) is 69.5. The van der Waals surface area contributed by atoms with E-state index in [4.69, 9.17) is 18.9 Å². The van der Waals surface area contributed by atoms with Crippen LogP contribution >= 0.6 is 0 Å². The fourth-order valence-electron chi connectivity index (χ4n) is 4.35. The molecular weight excluding hydrogens is 456 g/mol. The van der Waals surface area contributed by atoms with Gasteiger partial charge in [0.2, 0.25) is 0 Å². The van der Waals surface area contributed by atoms with Gasteiger partial charge in [-0.1, -0.05) is 6.07 Å². The van der Waals surface area contributed by atoms with Crippen molar-refractivity contribution in [3.05, 3.63) is 47.5 Å². The van der Waals surface area contributed by atoms with Crippen molar-refractivity contribution in [2.24, 2.45) is 0 Å². The molecule has 0 amide bonds. The van der Waals surface area contributed by atoms with Crippen LogP contribution in [0.25, 0.3) is 0 Å². The maximum atomic E-state index is 13.6. The molecule has 7 N–H and O–H groups in total. The molecule has 12 heteroatoms. The molecule has 3 aliphatic heterocycles. The van der Waals surface area contributed by atoms with Gasteiger partial charge in [0.25, 0.3) is 0 Å². The highest BCUT2D eigenvalue weighted by Gasteiger charge is 2.71. The number of ketones is 1. The summed E-state index contributed by atoms with van der Waals surface area (Å²) in [5.41, 5.74) is -1.53. The SMILES string of the molecule is O=C(c1ccc(O)c(O)c1)[C@@H]1O[C@H]2O[C@@H](CO)[C@H](O)[C@@H](O)[C@@H]2O[C@@H]2O[C@@]21c1ccc(O)c(O)c1. The summed E-state index contributed by atoms with van der Waals surface area (Å²) in [7, 11) is 0. The topological polar surface area (TPSA) is 199 Å². The molecule has 34 heavy (non-hydrogen) atoms. The third kappa shape index (κ3) is 3.39. The van der Waals surface area contributed by atoms with Gasteiger partial charge in [0.1, 0.15) is 24.4 Å². The van der Waals surface area contributed by atoms with E-state index in [1.807, 2.05) is 0 Å². The van der Waals surface area contributed by atoms with E-state index < -0.39 is 84.1 Å². The normalized spacial score (nSPS) is 36.7. The van der Waals surface area contributed by atoms with E-state index in [-0.39, 0.29) is 11.1 Å². The standard InChI is InChI=1S/C22H22O12/c23-7-14-16(29)17(30)18-20(31-14)33-19(15(28)8-1-3-10(24)12(26)5-8)22(21(32-18)34-22)9-2-4-11(25)13(27)6-9/h1-6,14,16-21,23-27,29-30H,7H2/t14-,16-,17+,18-,19-,20+,21+,22+/m0/s1. The highest BCUT2D eigenvalue weighted by atomic mass is 16.8. The number of hydrogen-bond acceptors (Lipinski definition) is 12. The molecule has 0 aromatic heterocycles. The van der Waals surface area contributed by atoms with Gasteiger partial charge in [-0.05, 0) is 35.9 Å². The van der Waals surface area contributed by atoms with E-state index >= 15 is 0 Å². The maximum Gasteiger partial charge on any atom is 0.196 e. The number of benzene rings is 2. The van der Waals surface area contributed by atoms with Crippen molar-refractivity contribution in [2.75, 3.05) is 6.61 Å². The number of aromatic hydroxyl groups is 4. The van der Waals surface area contributed by atoms with E-state index in [1.165, 1.54) is 18.2 Å². The first-order chi connectivity index (χ1) is 16.2. The summed E-state index contributed by atoms with van der Waals surface area (Å²) < 4.78 is 23.1. The molecule has 0 saturated carbocycles. The number of carbonyl (C=O) groups excluding carboxylic acids is 1. The Hall–Kier alpha value is -2.97. The van der Waals surface area contributed by atoms with Crippen LogP contribution in [0.4, 0.5) is 0 Å². The molecule has 0 unspecified atom stereocenters. The molecule has 3 aliphatic rings. The second-order valence-electron chi connectivity index (χ2n) is 8.34. The lowest BCUT2D eigenvalue weighted by Gasteiger charge is -2.41. The van der Waals surface area contributed by atoms with Gasteiger partial charge in [0.05, 0.1) is 6.61 Å². The third-order valence-electron chi connectivity index (χ3n) is 6.28. The number of carbonyl (C=O) groups is 1. The molecule has 2 aromatic rings. The average molecular weight is 478 g/mol. The highest BCUT2D eigenvalue weighted by Crippen LogP contribution is 2.56. The van der Waals surface area contributed by atoms with Gasteiger partial charge >= 0.3 is 0 Å². The molecule has 0 radical (unpaired) electrons. The summed E-state index contributed by atoms with van der Waals surface area (Å²) in [5.74, 6) is -2.63. The zero-order chi connectivity index (χ0) is 24.4. The van der Waals surface area contributed by atoms with Crippen LogP contribution in [-0.2, 0) is 24.5 Å². The number of aliphatic hydroxyl groups excluding tert-OH is 3. The quantitative estimate of drug-likeness (QED) is 0.164. The van der Waals surface area contributed by atoms with E-state index in [0.29, 0.717) is 0 Å². The summed E-state index contributed by atoms with van der Waals surface area (Å²) in [4.78, 5) is 13.6. The fourth-order valence-corrected chi connectivity index (χ4v) is 4.35. The third-order valence-corrected chi connectivity index (χ3v) is 6.28. The van der Waals surface area contributed by atoms with Crippen molar-refractivity contribution >= 4 is 5.78 Å². The lowest BCUT2D eigenvalue weighted by Crippen LogP contribution is -2.60. The van der Waals surface area contributed by atoms with Crippen molar-refractivity contribution in [1.29, 1.82) is 0 Å². The summed E-state index contributed by atoms with van der Waals surface area (Å²) >= 11 is 0. The van der Waals surface area contributed by atoms with Crippen LogP contribution in [0.3, 0.4) is 0 Å². The van der Waals surface area contributed by atoms with Crippen LogP contribution < -0.4 is 0 Å². The largest absolute Gasteiger partial charge is 0.504 e. The molecule has 0 bridgehead atoms. The Balaban J connectivity index is 1.59. The molecule has 0 aliphatic carbocycles. The summed E-state index contributed by atoms with van der Waals surface area (Å²) in [6, 6.07) is 7.12. The molecule has 12 nitrogen and oxygen atoms in total. The van der Waals surface area contributed by atoms with Crippen LogP contribution in [0.15, 0.2) is 36.4 Å². The van der Waals surface area contributed by atoms with Crippen molar-refractivity contribution in [2.45, 2.75) is 48.7 Å². The van der Waals surface area contributed by atoms with E-state index in [2.05, 4.69) is 0 Å². The Bertz CT molecular complexity index is 1120. The number of aliphatic hydroxyl groups is 3. The minimum atomic E-state index is -1.66. The minimum Gasteiger partial charge on any atom is -0.504 e. The molecule has 3 fully saturated rings. The maximum absolute atomic E-state index is 13.6.